The van der Waals surface area contributed by atoms with Gasteiger partial charge < -0.3 is 29.9 Å². The van der Waals surface area contributed by atoms with Crippen molar-refractivity contribution in [2.45, 2.75) is 43.9 Å². The first-order valence-electron chi connectivity index (χ1n) is 9.19. The third kappa shape index (κ3) is 4.12. The van der Waals surface area contributed by atoms with Crippen LogP contribution in [0.3, 0.4) is 0 Å². The van der Waals surface area contributed by atoms with Crippen LogP contribution in [0.25, 0.3) is 0 Å². The molecule has 0 saturated carbocycles. The molecular formula is C21H24F2O6. The summed E-state index contributed by atoms with van der Waals surface area (Å²) < 4.78 is 38.7. The Morgan fingerprint density at radius 2 is 1.69 bits per heavy atom. The van der Waals surface area contributed by atoms with Crippen molar-refractivity contribution in [3.63, 3.8) is 0 Å². The summed E-state index contributed by atoms with van der Waals surface area (Å²) in [4.78, 5) is 0. The predicted molar refractivity (Wildman–Crippen MR) is 99.6 cm³/mol. The number of aryl methyl sites for hydroxylation is 1. The molecule has 3 rings (SSSR count). The molecule has 0 aliphatic carbocycles. The highest BCUT2D eigenvalue weighted by atomic mass is 19.2. The number of hydrogen-bond acceptors (Lipinski definition) is 6. The van der Waals surface area contributed by atoms with Crippen LogP contribution in [0.1, 0.15) is 28.4 Å². The van der Waals surface area contributed by atoms with E-state index in [1.807, 2.05) is 6.92 Å². The van der Waals surface area contributed by atoms with Gasteiger partial charge in [0.15, 0.2) is 11.6 Å². The normalized spacial score (nSPS) is 27.1. The molecule has 158 valence electrons. The van der Waals surface area contributed by atoms with Gasteiger partial charge in [-0.05, 0) is 35.2 Å². The van der Waals surface area contributed by atoms with Crippen LogP contribution >= 0.6 is 0 Å². The Hall–Kier alpha value is -2.10. The summed E-state index contributed by atoms with van der Waals surface area (Å²) in [7, 11) is 1.26. The Balaban J connectivity index is 1.92. The number of ether oxygens (including phenoxy) is 2. The van der Waals surface area contributed by atoms with Crippen molar-refractivity contribution in [3.8, 4) is 5.75 Å². The lowest BCUT2D eigenvalue weighted by Crippen LogP contribution is -2.55. The van der Waals surface area contributed by atoms with Gasteiger partial charge in [-0.15, -0.1) is 0 Å². The largest absolute Gasteiger partial charge is 0.494 e. The molecule has 2 aromatic rings. The fourth-order valence-corrected chi connectivity index (χ4v) is 3.51. The molecule has 4 N–H and O–H groups in total. The van der Waals surface area contributed by atoms with E-state index in [2.05, 4.69) is 0 Å². The molecule has 0 amide bonds. The number of methoxy groups -OCH3 is 1. The standard InChI is InChI=1S/C21H24F2O6/c1-10-3-4-12(21-20(27)19(26)18(25)15(9-24)29-21)8-13(10)7-11-5-6-14(28-2)17(23)16(11)22/h3-6,8,15,18-21,24-27H,7,9H2,1-2H3/t15-,18-,19+,20-,21+/m1/s1. The molecular weight excluding hydrogens is 386 g/mol. The Morgan fingerprint density at radius 1 is 0.966 bits per heavy atom. The predicted octanol–water partition coefficient (Wildman–Crippen LogP) is 1.39. The highest BCUT2D eigenvalue weighted by molar-refractivity contribution is 5.39. The number of benzene rings is 2. The third-order valence-corrected chi connectivity index (χ3v) is 5.32. The van der Waals surface area contributed by atoms with Crippen LogP contribution in [-0.2, 0) is 11.2 Å². The van der Waals surface area contributed by atoms with Gasteiger partial charge in [0.1, 0.15) is 30.5 Å². The van der Waals surface area contributed by atoms with Crippen molar-refractivity contribution in [1.82, 2.24) is 0 Å². The second kappa shape index (κ2) is 8.73. The molecule has 0 bridgehead atoms. The summed E-state index contributed by atoms with van der Waals surface area (Å²) in [6.45, 7) is 1.28. The zero-order valence-corrected chi connectivity index (χ0v) is 16.0. The molecule has 5 atom stereocenters. The van der Waals surface area contributed by atoms with Crippen LogP contribution in [0.2, 0.25) is 0 Å². The smallest absolute Gasteiger partial charge is 0.200 e. The summed E-state index contributed by atoms with van der Waals surface area (Å²) in [6.07, 6.45) is -6.31. The minimum Gasteiger partial charge on any atom is -0.494 e. The van der Waals surface area contributed by atoms with E-state index in [1.165, 1.54) is 19.2 Å². The molecule has 1 heterocycles. The van der Waals surface area contributed by atoms with Gasteiger partial charge >= 0.3 is 0 Å². The molecule has 1 aliphatic rings. The highest BCUT2D eigenvalue weighted by Crippen LogP contribution is 2.34. The Labute approximate surface area is 167 Å². The molecule has 0 unspecified atom stereocenters. The quantitative estimate of drug-likeness (QED) is 0.595. The molecule has 0 aromatic heterocycles. The monoisotopic (exact) mass is 410 g/mol. The van der Waals surface area contributed by atoms with Gasteiger partial charge in [0.05, 0.1) is 13.7 Å². The zero-order valence-electron chi connectivity index (χ0n) is 16.0. The van der Waals surface area contributed by atoms with Crippen LogP contribution in [0, 0.1) is 18.6 Å². The van der Waals surface area contributed by atoms with Crippen molar-refractivity contribution >= 4 is 0 Å². The molecule has 8 heteroatoms. The van der Waals surface area contributed by atoms with Gasteiger partial charge in [-0.1, -0.05) is 24.3 Å². The van der Waals surface area contributed by atoms with E-state index in [0.29, 0.717) is 11.1 Å². The fraction of sp³-hybridized carbons (Fsp3) is 0.429. The molecule has 1 aliphatic heterocycles. The molecule has 0 radical (unpaired) electrons. The van der Waals surface area contributed by atoms with Crippen LogP contribution in [0.15, 0.2) is 30.3 Å². The third-order valence-electron chi connectivity index (χ3n) is 5.32. The lowest BCUT2D eigenvalue weighted by Gasteiger charge is -2.40. The average Bonchev–Trinajstić information content (AvgIpc) is 2.72. The maximum Gasteiger partial charge on any atom is 0.200 e. The number of aliphatic hydroxyl groups is 4. The van der Waals surface area contributed by atoms with Gasteiger partial charge in [-0.25, -0.2) is 4.39 Å². The topological polar surface area (TPSA) is 99.4 Å². The second-order valence-electron chi connectivity index (χ2n) is 7.17. The van der Waals surface area contributed by atoms with E-state index < -0.39 is 48.8 Å². The van der Waals surface area contributed by atoms with Crippen molar-refractivity contribution in [2.24, 2.45) is 0 Å². The summed E-state index contributed by atoms with van der Waals surface area (Å²) in [5, 5.41) is 39.6. The maximum atomic E-state index is 14.4. The van der Waals surface area contributed by atoms with Crippen molar-refractivity contribution < 1.29 is 38.7 Å². The van der Waals surface area contributed by atoms with Gasteiger partial charge in [0.2, 0.25) is 5.82 Å². The summed E-state index contributed by atoms with van der Waals surface area (Å²) in [6, 6.07) is 7.88. The Bertz CT molecular complexity index is 872. The number of aliphatic hydroxyl groups excluding tert-OH is 4. The first-order chi connectivity index (χ1) is 13.8. The minimum atomic E-state index is -1.50. The fourth-order valence-electron chi connectivity index (χ4n) is 3.51. The highest BCUT2D eigenvalue weighted by Gasteiger charge is 2.44. The summed E-state index contributed by atoms with van der Waals surface area (Å²) >= 11 is 0. The SMILES string of the molecule is COc1ccc(Cc2cc([C@@H]3O[C@H](CO)[C@@H](O)[C@H](O)[C@H]3O)ccc2C)c(F)c1F. The number of halogens is 2. The molecule has 29 heavy (non-hydrogen) atoms. The molecule has 6 nitrogen and oxygen atoms in total. The maximum absolute atomic E-state index is 14.4. The zero-order chi connectivity index (χ0) is 21.3. The van der Waals surface area contributed by atoms with Crippen LogP contribution < -0.4 is 4.74 Å². The first-order valence-corrected chi connectivity index (χ1v) is 9.19. The van der Waals surface area contributed by atoms with Crippen LogP contribution in [0.5, 0.6) is 5.75 Å². The second-order valence-corrected chi connectivity index (χ2v) is 7.17. The van der Waals surface area contributed by atoms with Crippen LogP contribution in [-0.4, -0.2) is 58.6 Å². The Kier molecular flexibility index (Phi) is 6.50. The van der Waals surface area contributed by atoms with Gasteiger partial charge in [-0.2, -0.15) is 4.39 Å². The van der Waals surface area contributed by atoms with E-state index in [9.17, 15) is 29.2 Å². The van der Waals surface area contributed by atoms with Crippen molar-refractivity contribution in [2.75, 3.05) is 13.7 Å². The van der Waals surface area contributed by atoms with Gasteiger partial charge in [0, 0.05) is 6.42 Å². The van der Waals surface area contributed by atoms with E-state index >= 15 is 0 Å². The first kappa shape index (κ1) is 21.6. The van der Waals surface area contributed by atoms with Gasteiger partial charge in [-0.3, -0.25) is 0 Å². The lowest BCUT2D eigenvalue weighted by molar-refractivity contribution is -0.231. The van der Waals surface area contributed by atoms with E-state index in [-0.39, 0.29) is 17.7 Å². The summed E-state index contributed by atoms with van der Waals surface area (Å²) in [5.74, 6) is -2.24. The average molecular weight is 410 g/mol. The van der Waals surface area contributed by atoms with Crippen molar-refractivity contribution in [1.29, 1.82) is 0 Å². The van der Waals surface area contributed by atoms with E-state index in [1.54, 1.807) is 18.2 Å². The number of rotatable bonds is 5. The van der Waals surface area contributed by atoms with E-state index in [4.69, 9.17) is 9.47 Å². The lowest BCUT2D eigenvalue weighted by atomic mass is 9.89. The summed E-state index contributed by atoms with van der Waals surface area (Å²) in [5.41, 5.74) is 2.10. The minimum absolute atomic E-state index is 0.0871. The van der Waals surface area contributed by atoms with Crippen molar-refractivity contribution in [3.05, 3.63) is 64.2 Å². The molecule has 1 fully saturated rings. The van der Waals surface area contributed by atoms with E-state index in [0.717, 1.165) is 5.56 Å². The number of hydrogen-bond donors (Lipinski definition) is 4. The molecule has 2 aromatic carbocycles. The molecule has 0 spiro atoms. The Morgan fingerprint density at radius 3 is 2.34 bits per heavy atom. The molecule has 1 saturated heterocycles. The van der Waals surface area contributed by atoms with Crippen LogP contribution in [0.4, 0.5) is 8.78 Å². The van der Waals surface area contributed by atoms with Gasteiger partial charge in [0.25, 0.3) is 0 Å².